The van der Waals surface area contributed by atoms with Crippen LogP contribution in [0.4, 0.5) is 0 Å². The number of aliphatic hydroxyl groups excluding tert-OH is 1. The Morgan fingerprint density at radius 2 is 2.06 bits per heavy atom. The zero-order valence-electron chi connectivity index (χ0n) is 9.02. The molecule has 0 spiro atoms. The Morgan fingerprint density at radius 1 is 1.44 bits per heavy atom. The van der Waals surface area contributed by atoms with Crippen LogP contribution in [0.2, 0.25) is 0 Å². The zero-order chi connectivity index (χ0) is 12.0. The highest BCUT2D eigenvalue weighted by Crippen LogP contribution is 1.97. The molecular formula is C9H17N3O4. The molecule has 0 aromatic carbocycles. The van der Waals surface area contributed by atoms with Crippen molar-refractivity contribution < 1.29 is 19.4 Å². The van der Waals surface area contributed by atoms with Crippen molar-refractivity contribution in [3.63, 3.8) is 0 Å². The molecule has 7 nitrogen and oxygen atoms in total. The molecule has 1 rings (SSSR count). The minimum absolute atomic E-state index is 0.0269. The first-order valence-electron chi connectivity index (χ1n) is 5.15. The molecule has 1 aliphatic heterocycles. The number of nitrogens with zero attached hydrogens (tertiary/aromatic N) is 1. The molecule has 0 aromatic rings. The fourth-order valence-corrected chi connectivity index (χ4v) is 1.44. The average Bonchev–Trinajstić information content (AvgIpc) is 2.27. The number of primary amides is 1. The maximum absolute atomic E-state index is 10.8. The first-order valence-corrected chi connectivity index (χ1v) is 5.15. The predicted octanol–water partition coefficient (Wildman–Crippen LogP) is -2.72. The number of nitrogens with one attached hydrogen (secondary N) is 1. The summed E-state index contributed by atoms with van der Waals surface area (Å²) in [6, 6.07) is 0. The highest BCUT2D eigenvalue weighted by Gasteiger charge is 2.16. The molecular weight excluding hydrogens is 214 g/mol. The van der Waals surface area contributed by atoms with Gasteiger partial charge in [0.25, 0.3) is 0 Å². The van der Waals surface area contributed by atoms with Gasteiger partial charge in [-0.05, 0) is 0 Å². The van der Waals surface area contributed by atoms with Gasteiger partial charge in [-0.15, -0.1) is 0 Å². The standard InChI is InChI=1S/C9H17N3O4/c10-8(14)9(15)11-5-7(13)6-12-1-3-16-4-2-12/h7,13H,1-6H2,(H2,10,14)(H,11,15). The third-order valence-electron chi connectivity index (χ3n) is 2.29. The summed E-state index contributed by atoms with van der Waals surface area (Å²) in [5, 5.41) is 11.8. The SMILES string of the molecule is NC(=O)C(=O)NCC(O)CN1CCOCC1. The highest BCUT2D eigenvalue weighted by molar-refractivity contribution is 6.34. The van der Waals surface area contributed by atoms with E-state index in [1.165, 1.54) is 0 Å². The van der Waals surface area contributed by atoms with Crippen LogP contribution < -0.4 is 11.1 Å². The van der Waals surface area contributed by atoms with E-state index in [1.54, 1.807) is 0 Å². The van der Waals surface area contributed by atoms with E-state index in [4.69, 9.17) is 10.5 Å². The summed E-state index contributed by atoms with van der Waals surface area (Å²) >= 11 is 0. The van der Waals surface area contributed by atoms with Crippen LogP contribution in [0.25, 0.3) is 0 Å². The van der Waals surface area contributed by atoms with Gasteiger partial charge in [0.2, 0.25) is 0 Å². The van der Waals surface area contributed by atoms with Crippen molar-refractivity contribution in [1.29, 1.82) is 0 Å². The number of ether oxygens (including phenoxy) is 1. The second-order valence-electron chi connectivity index (χ2n) is 3.64. The van der Waals surface area contributed by atoms with E-state index in [0.29, 0.717) is 19.8 Å². The molecule has 16 heavy (non-hydrogen) atoms. The van der Waals surface area contributed by atoms with Crippen molar-refractivity contribution >= 4 is 11.8 Å². The maximum Gasteiger partial charge on any atom is 0.309 e. The number of amides is 2. The van der Waals surface area contributed by atoms with Gasteiger partial charge in [-0.1, -0.05) is 0 Å². The number of hydrogen-bond acceptors (Lipinski definition) is 5. The number of carbonyl (C=O) groups excluding carboxylic acids is 2. The van der Waals surface area contributed by atoms with Crippen molar-refractivity contribution in [3.8, 4) is 0 Å². The third-order valence-corrected chi connectivity index (χ3v) is 2.29. The fraction of sp³-hybridized carbons (Fsp3) is 0.778. The number of hydrogen-bond donors (Lipinski definition) is 3. The highest BCUT2D eigenvalue weighted by atomic mass is 16.5. The molecule has 7 heteroatoms. The van der Waals surface area contributed by atoms with E-state index in [9.17, 15) is 14.7 Å². The quantitative estimate of drug-likeness (QED) is 0.456. The van der Waals surface area contributed by atoms with Gasteiger partial charge in [-0.2, -0.15) is 0 Å². The van der Waals surface area contributed by atoms with Gasteiger partial charge >= 0.3 is 11.8 Å². The minimum Gasteiger partial charge on any atom is -0.390 e. The molecule has 1 atom stereocenters. The number of morpholine rings is 1. The van der Waals surface area contributed by atoms with Crippen LogP contribution in [0.1, 0.15) is 0 Å². The molecule has 92 valence electrons. The molecule has 0 bridgehead atoms. The minimum atomic E-state index is -1.04. The van der Waals surface area contributed by atoms with Gasteiger partial charge < -0.3 is 20.9 Å². The first-order chi connectivity index (χ1) is 7.59. The van der Waals surface area contributed by atoms with E-state index in [0.717, 1.165) is 13.1 Å². The van der Waals surface area contributed by atoms with Crippen LogP contribution in [0.5, 0.6) is 0 Å². The molecule has 0 aliphatic carbocycles. The van der Waals surface area contributed by atoms with Crippen LogP contribution in [-0.4, -0.2) is 67.3 Å². The largest absolute Gasteiger partial charge is 0.390 e. The normalized spacial score (nSPS) is 19.1. The smallest absolute Gasteiger partial charge is 0.309 e. The molecule has 2 amide bonds. The molecule has 0 aromatic heterocycles. The van der Waals surface area contributed by atoms with Crippen LogP contribution in [0.3, 0.4) is 0 Å². The molecule has 1 fully saturated rings. The maximum atomic E-state index is 10.8. The Labute approximate surface area is 93.5 Å². The number of rotatable bonds is 4. The van der Waals surface area contributed by atoms with E-state index in [-0.39, 0.29) is 6.54 Å². The lowest BCUT2D eigenvalue weighted by Crippen LogP contribution is -2.46. The summed E-state index contributed by atoms with van der Waals surface area (Å²) in [5.74, 6) is -1.92. The monoisotopic (exact) mass is 231 g/mol. The van der Waals surface area contributed by atoms with Crippen LogP contribution in [0.15, 0.2) is 0 Å². The number of aliphatic hydroxyl groups is 1. The molecule has 1 saturated heterocycles. The van der Waals surface area contributed by atoms with E-state index in [1.807, 2.05) is 4.90 Å². The lowest BCUT2D eigenvalue weighted by molar-refractivity contribution is -0.137. The van der Waals surface area contributed by atoms with Gasteiger partial charge in [0.05, 0.1) is 19.3 Å². The summed E-state index contributed by atoms with van der Waals surface area (Å²) in [6.07, 6.45) is -0.707. The number of nitrogens with two attached hydrogens (primary N) is 1. The predicted molar refractivity (Wildman–Crippen MR) is 55.5 cm³/mol. The van der Waals surface area contributed by atoms with Crippen molar-refractivity contribution in [2.24, 2.45) is 5.73 Å². The number of carbonyl (C=O) groups is 2. The Kier molecular flexibility index (Phi) is 5.17. The molecule has 0 saturated carbocycles. The van der Waals surface area contributed by atoms with Gasteiger partial charge in [-0.25, -0.2) is 0 Å². The number of β-amino-alcohol motifs (C(OH)–C–C–N with tert-alkyl or cyclic N) is 1. The summed E-state index contributed by atoms with van der Waals surface area (Å²) < 4.78 is 5.16. The van der Waals surface area contributed by atoms with Gasteiger partial charge in [-0.3, -0.25) is 14.5 Å². The summed E-state index contributed by atoms with van der Waals surface area (Å²) in [5.41, 5.74) is 4.75. The van der Waals surface area contributed by atoms with E-state index in [2.05, 4.69) is 5.32 Å². The lowest BCUT2D eigenvalue weighted by Gasteiger charge is -2.28. The first kappa shape index (κ1) is 12.9. The van der Waals surface area contributed by atoms with Gasteiger partial charge in [0.15, 0.2) is 0 Å². The third kappa shape index (κ3) is 4.56. The summed E-state index contributed by atoms with van der Waals surface area (Å²) in [4.78, 5) is 23.2. The molecule has 1 aliphatic rings. The van der Waals surface area contributed by atoms with Gasteiger partial charge in [0.1, 0.15) is 0 Å². The van der Waals surface area contributed by atoms with Crippen molar-refractivity contribution in [2.45, 2.75) is 6.10 Å². The van der Waals surface area contributed by atoms with E-state index >= 15 is 0 Å². The fourth-order valence-electron chi connectivity index (χ4n) is 1.44. The molecule has 0 radical (unpaired) electrons. The average molecular weight is 231 g/mol. The van der Waals surface area contributed by atoms with Gasteiger partial charge in [0, 0.05) is 26.2 Å². The Morgan fingerprint density at radius 3 is 2.62 bits per heavy atom. The van der Waals surface area contributed by atoms with Crippen LogP contribution in [-0.2, 0) is 14.3 Å². The molecule has 4 N–H and O–H groups in total. The molecule has 1 unspecified atom stereocenters. The Hall–Kier alpha value is -1.18. The lowest BCUT2D eigenvalue weighted by atomic mass is 10.3. The summed E-state index contributed by atoms with van der Waals surface area (Å²) in [7, 11) is 0. The van der Waals surface area contributed by atoms with Crippen molar-refractivity contribution in [2.75, 3.05) is 39.4 Å². The second-order valence-corrected chi connectivity index (χ2v) is 3.64. The van der Waals surface area contributed by atoms with E-state index < -0.39 is 17.9 Å². The molecule has 1 heterocycles. The van der Waals surface area contributed by atoms with Crippen LogP contribution >= 0.6 is 0 Å². The zero-order valence-corrected chi connectivity index (χ0v) is 9.02. The Balaban J connectivity index is 2.17. The van der Waals surface area contributed by atoms with Crippen LogP contribution in [0, 0.1) is 0 Å². The van der Waals surface area contributed by atoms with Crippen molar-refractivity contribution in [3.05, 3.63) is 0 Å². The topological polar surface area (TPSA) is 105 Å². The second kappa shape index (κ2) is 6.41. The summed E-state index contributed by atoms with van der Waals surface area (Å²) in [6.45, 7) is 3.31. The Bertz CT molecular complexity index is 253. The van der Waals surface area contributed by atoms with Crippen molar-refractivity contribution in [1.82, 2.24) is 10.2 Å².